The fourth-order valence-corrected chi connectivity index (χ4v) is 2.30. The molecule has 1 aliphatic carbocycles. The number of anilines is 1. The lowest BCUT2D eigenvalue weighted by atomic mass is 10.1. The molecule has 0 saturated heterocycles. The molecule has 5 heteroatoms. The van der Waals surface area contributed by atoms with Crippen LogP contribution in [0, 0.1) is 5.41 Å². The number of aromatic amines is 1. The molecule has 3 rings (SSSR count). The summed E-state index contributed by atoms with van der Waals surface area (Å²) in [5.74, 6) is -0.683. The van der Waals surface area contributed by atoms with Crippen molar-refractivity contribution in [1.29, 1.82) is 0 Å². The molecule has 0 bridgehead atoms. The van der Waals surface area contributed by atoms with Crippen molar-refractivity contribution in [3.63, 3.8) is 0 Å². The van der Waals surface area contributed by atoms with Crippen molar-refractivity contribution in [2.45, 2.75) is 12.8 Å². The number of carbonyl (C=O) groups is 1. The minimum atomic E-state index is -0.683. The Bertz CT molecular complexity index is 601. The molecule has 0 radical (unpaired) electrons. The first-order chi connectivity index (χ1) is 8.61. The van der Waals surface area contributed by atoms with E-state index in [9.17, 15) is 9.90 Å². The van der Waals surface area contributed by atoms with Crippen LogP contribution in [0.5, 0.6) is 0 Å². The van der Waals surface area contributed by atoms with Crippen LogP contribution >= 0.6 is 0 Å². The maximum Gasteiger partial charge on any atom is 0.311 e. The van der Waals surface area contributed by atoms with Crippen LogP contribution in [0.25, 0.3) is 11.0 Å². The van der Waals surface area contributed by atoms with E-state index in [1.54, 1.807) is 6.33 Å². The van der Waals surface area contributed by atoms with Gasteiger partial charge in [0.25, 0.3) is 0 Å². The van der Waals surface area contributed by atoms with Crippen LogP contribution in [0.1, 0.15) is 12.8 Å². The lowest BCUT2D eigenvalue weighted by Crippen LogP contribution is -2.31. The fourth-order valence-electron chi connectivity index (χ4n) is 2.30. The number of fused-ring (bicyclic) bond motifs is 1. The van der Waals surface area contributed by atoms with Crippen LogP contribution < -0.4 is 4.90 Å². The van der Waals surface area contributed by atoms with Crippen LogP contribution in [0.3, 0.4) is 0 Å². The first kappa shape index (κ1) is 11.1. The Hall–Kier alpha value is -2.04. The SMILES string of the molecule is CN(CC1(C(=O)O)CC1)c1ccc2nc[nH]c2c1. The van der Waals surface area contributed by atoms with E-state index in [-0.39, 0.29) is 0 Å². The summed E-state index contributed by atoms with van der Waals surface area (Å²) >= 11 is 0. The van der Waals surface area contributed by atoms with E-state index in [1.165, 1.54) is 0 Å². The smallest absolute Gasteiger partial charge is 0.311 e. The highest BCUT2D eigenvalue weighted by molar-refractivity contribution is 5.81. The van der Waals surface area contributed by atoms with Crippen LogP contribution in [0.4, 0.5) is 5.69 Å². The number of aromatic nitrogens is 2. The van der Waals surface area contributed by atoms with Crippen molar-refractivity contribution in [3.05, 3.63) is 24.5 Å². The van der Waals surface area contributed by atoms with Gasteiger partial charge in [-0.1, -0.05) is 0 Å². The number of nitrogens with one attached hydrogen (secondary N) is 1. The van der Waals surface area contributed by atoms with Gasteiger partial charge in [-0.15, -0.1) is 0 Å². The maximum atomic E-state index is 11.2. The Morgan fingerprint density at radius 1 is 1.56 bits per heavy atom. The number of imidazole rings is 1. The lowest BCUT2D eigenvalue weighted by Gasteiger charge is -2.23. The van der Waals surface area contributed by atoms with Crippen molar-refractivity contribution in [3.8, 4) is 0 Å². The van der Waals surface area contributed by atoms with E-state index in [4.69, 9.17) is 0 Å². The van der Waals surface area contributed by atoms with Crippen molar-refractivity contribution < 1.29 is 9.90 Å². The summed E-state index contributed by atoms with van der Waals surface area (Å²) in [6.07, 6.45) is 3.21. The quantitative estimate of drug-likeness (QED) is 0.862. The molecule has 5 nitrogen and oxygen atoms in total. The van der Waals surface area contributed by atoms with Crippen LogP contribution in [-0.4, -0.2) is 34.6 Å². The molecule has 0 spiro atoms. The van der Waals surface area contributed by atoms with Gasteiger partial charge in [-0.2, -0.15) is 0 Å². The van der Waals surface area contributed by atoms with Crippen LogP contribution in [0.2, 0.25) is 0 Å². The molecule has 1 aromatic carbocycles. The second-order valence-corrected chi connectivity index (χ2v) is 5.05. The molecule has 0 amide bonds. The first-order valence-electron chi connectivity index (χ1n) is 5.98. The highest BCUT2D eigenvalue weighted by atomic mass is 16.4. The molecule has 18 heavy (non-hydrogen) atoms. The first-order valence-corrected chi connectivity index (χ1v) is 5.98. The van der Waals surface area contributed by atoms with Crippen molar-refractivity contribution >= 4 is 22.7 Å². The Morgan fingerprint density at radius 3 is 3.00 bits per heavy atom. The molecule has 1 aliphatic rings. The van der Waals surface area contributed by atoms with Gasteiger partial charge < -0.3 is 15.0 Å². The normalized spacial score (nSPS) is 16.7. The number of rotatable bonds is 4. The predicted molar refractivity (Wildman–Crippen MR) is 68.7 cm³/mol. The standard InChI is InChI=1S/C13H15N3O2/c1-16(7-13(4-5-13)12(17)18)9-2-3-10-11(6-9)15-8-14-10/h2-3,6,8H,4-5,7H2,1H3,(H,14,15)(H,17,18). The number of H-pyrrole nitrogens is 1. The second kappa shape index (κ2) is 3.73. The molecule has 1 heterocycles. The van der Waals surface area contributed by atoms with E-state index >= 15 is 0 Å². The van der Waals surface area contributed by atoms with Gasteiger partial charge in [-0.3, -0.25) is 4.79 Å². The third-order valence-corrected chi connectivity index (χ3v) is 3.69. The Morgan fingerprint density at radius 2 is 2.33 bits per heavy atom. The summed E-state index contributed by atoms with van der Waals surface area (Å²) in [5.41, 5.74) is 2.38. The van der Waals surface area contributed by atoms with E-state index in [0.29, 0.717) is 6.54 Å². The third-order valence-electron chi connectivity index (χ3n) is 3.69. The molecular formula is C13H15N3O2. The zero-order valence-electron chi connectivity index (χ0n) is 10.2. The summed E-state index contributed by atoms with van der Waals surface area (Å²) in [6.45, 7) is 0.558. The number of carboxylic acid groups (broad SMARTS) is 1. The Kier molecular flexibility index (Phi) is 2.29. The average molecular weight is 245 g/mol. The monoisotopic (exact) mass is 245 g/mol. The van der Waals surface area contributed by atoms with Crippen molar-refractivity contribution in [2.24, 2.45) is 5.41 Å². The number of nitrogens with zero attached hydrogens (tertiary/aromatic N) is 2. The van der Waals surface area contributed by atoms with Gasteiger partial charge in [0.1, 0.15) is 0 Å². The number of benzene rings is 1. The van der Waals surface area contributed by atoms with Crippen molar-refractivity contribution in [2.75, 3.05) is 18.5 Å². The average Bonchev–Trinajstić information content (AvgIpc) is 2.98. The maximum absolute atomic E-state index is 11.2. The van der Waals surface area contributed by atoms with E-state index < -0.39 is 11.4 Å². The zero-order chi connectivity index (χ0) is 12.8. The molecule has 2 aromatic rings. The zero-order valence-corrected chi connectivity index (χ0v) is 10.2. The molecule has 1 saturated carbocycles. The van der Waals surface area contributed by atoms with E-state index in [0.717, 1.165) is 29.6 Å². The van der Waals surface area contributed by atoms with Crippen LogP contribution in [-0.2, 0) is 4.79 Å². The van der Waals surface area contributed by atoms with Crippen LogP contribution in [0.15, 0.2) is 24.5 Å². The lowest BCUT2D eigenvalue weighted by molar-refractivity contribution is -0.142. The molecule has 0 aliphatic heterocycles. The number of hydrogen-bond acceptors (Lipinski definition) is 3. The van der Waals surface area contributed by atoms with E-state index in [2.05, 4.69) is 9.97 Å². The molecule has 1 fully saturated rings. The Labute approximate surface area is 104 Å². The molecule has 1 aromatic heterocycles. The molecule has 0 atom stereocenters. The summed E-state index contributed by atoms with van der Waals surface area (Å²) in [6, 6.07) is 5.92. The fraction of sp³-hybridized carbons (Fsp3) is 0.385. The van der Waals surface area contributed by atoms with Gasteiger partial charge in [-0.05, 0) is 31.0 Å². The molecule has 94 valence electrons. The topological polar surface area (TPSA) is 69.2 Å². The van der Waals surface area contributed by atoms with Gasteiger partial charge >= 0.3 is 5.97 Å². The summed E-state index contributed by atoms with van der Waals surface area (Å²) in [5, 5.41) is 9.20. The number of aliphatic carboxylic acids is 1. The highest BCUT2D eigenvalue weighted by Gasteiger charge is 2.50. The number of hydrogen-bond donors (Lipinski definition) is 2. The highest BCUT2D eigenvalue weighted by Crippen LogP contribution is 2.46. The second-order valence-electron chi connectivity index (χ2n) is 5.05. The minimum Gasteiger partial charge on any atom is -0.481 e. The van der Waals surface area contributed by atoms with Gasteiger partial charge in [0, 0.05) is 19.3 Å². The minimum absolute atomic E-state index is 0.530. The van der Waals surface area contributed by atoms with Gasteiger partial charge in [0.2, 0.25) is 0 Å². The largest absolute Gasteiger partial charge is 0.481 e. The summed E-state index contributed by atoms with van der Waals surface area (Å²) < 4.78 is 0. The number of carboxylic acids is 1. The Balaban J connectivity index is 1.83. The van der Waals surface area contributed by atoms with Gasteiger partial charge in [0.15, 0.2) is 0 Å². The van der Waals surface area contributed by atoms with Gasteiger partial charge in [0.05, 0.1) is 22.8 Å². The summed E-state index contributed by atoms with van der Waals surface area (Å²) in [7, 11) is 1.93. The molecule has 0 unspecified atom stereocenters. The molecule has 2 N–H and O–H groups in total. The predicted octanol–water partition coefficient (Wildman–Crippen LogP) is 1.86. The molecular weight excluding hydrogens is 230 g/mol. The van der Waals surface area contributed by atoms with E-state index in [1.807, 2.05) is 30.1 Å². The third kappa shape index (κ3) is 1.72. The van der Waals surface area contributed by atoms with Crippen molar-refractivity contribution in [1.82, 2.24) is 9.97 Å². The van der Waals surface area contributed by atoms with Gasteiger partial charge in [-0.25, -0.2) is 4.98 Å². The summed E-state index contributed by atoms with van der Waals surface area (Å²) in [4.78, 5) is 20.4.